The third-order valence-corrected chi connectivity index (χ3v) is 5.92. The molecule has 0 aliphatic heterocycles. The molecule has 0 N–H and O–H groups in total. The standard InChI is InChI=1S/C27H20N2O4/c1-33-27(30)26(18-9-3-2-4-10-18)19-15-16-24(29(31)32)25(17-19)28-22-13-7-5-11-20(22)21-12-6-8-14-23(21)28/h2-17,26H,1H3/t26-/m1/s1. The number of methoxy groups -OCH3 is 1. The van der Waals surface area contributed by atoms with E-state index in [1.54, 1.807) is 12.1 Å². The van der Waals surface area contributed by atoms with Crippen molar-refractivity contribution in [3.63, 3.8) is 0 Å². The van der Waals surface area contributed by atoms with Gasteiger partial charge in [-0.1, -0.05) is 72.8 Å². The van der Waals surface area contributed by atoms with Gasteiger partial charge in [-0.25, -0.2) is 0 Å². The molecule has 0 aliphatic carbocycles. The molecule has 6 heteroatoms. The van der Waals surface area contributed by atoms with Gasteiger partial charge in [0.2, 0.25) is 0 Å². The third-order valence-electron chi connectivity index (χ3n) is 5.92. The number of carbonyl (C=O) groups is 1. The molecule has 0 bridgehead atoms. The van der Waals surface area contributed by atoms with Crippen molar-refractivity contribution in [2.75, 3.05) is 7.11 Å². The fraction of sp³-hybridized carbons (Fsp3) is 0.0741. The lowest BCUT2D eigenvalue weighted by Crippen LogP contribution is -2.16. The number of nitrogens with zero attached hydrogens (tertiary/aromatic N) is 2. The Kier molecular flexibility index (Phi) is 5.11. The number of ether oxygens (including phenoxy) is 1. The third kappa shape index (κ3) is 3.42. The molecule has 6 nitrogen and oxygen atoms in total. The molecule has 5 aromatic rings. The summed E-state index contributed by atoms with van der Waals surface area (Å²) in [5.41, 5.74) is 3.45. The Labute approximate surface area is 189 Å². The number of fused-ring (bicyclic) bond motifs is 3. The highest BCUT2D eigenvalue weighted by atomic mass is 16.6. The summed E-state index contributed by atoms with van der Waals surface area (Å²) in [5, 5.41) is 14.0. The van der Waals surface area contributed by atoms with Crippen LogP contribution in [0, 0.1) is 10.1 Å². The van der Waals surface area contributed by atoms with Crippen LogP contribution in [0.15, 0.2) is 97.1 Å². The van der Waals surface area contributed by atoms with Crippen LogP contribution in [0.3, 0.4) is 0 Å². The molecule has 4 aromatic carbocycles. The van der Waals surface area contributed by atoms with E-state index in [9.17, 15) is 14.9 Å². The van der Waals surface area contributed by atoms with Gasteiger partial charge >= 0.3 is 5.97 Å². The first-order valence-corrected chi connectivity index (χ1v) is 10.5. The van der Waals surface area contributed by atoms with Gasteiger partial charge in [0.1, 0.15) is 11.6 Å². The summed E-state index contributed by atoms with van der Waals surface area (Å²) in [6.07, 6.45) is 0. The Hall–Kier alpha value is -4.45. The molecule has 162 valence electrons. The van der Waals surface area contributed by atoms with E-state index in [1.165, 1.54) is 13.2 Å². The zero-order valence-corrected chi connectivity index (χ0v) is 17.8. The first-order valence-electron chi connectivity index (χ1n) is 10.5. The molecule has 33 heavy (non-hydrogen) atoms. The number of rotatable bonds is 5. The van der Waals surface area contributed by atoms with Gasteiger partial charge in [0.25, 0.3) is 5.69 Å². The van der Waals surface area contributed by atoms with E-state index in [-0.39, 0.29) is 5.69 Å². The number of nitro groups is 1. The zero-order chi connectivity index (χ0) is 22.9. The normalized spacial score (nSPS) is 12.0. The minimum Gasteiger partial charge on any atom is -0.468 e. The average molecular weight is 436 g/mol. The maximum Gasteiger partial charge on any atom is 0.317 e. The van der Waals surface area contributed by atoms with Crippen LogP contribution >= 0.6 is 0 Å². The quantitative estimate of drug-likeness (QED) is 0.192. The predicted octanol–water partition coefficient (Wildman–Crippen LogP) is 6.00. The van der Waals surface area contributed by atoms with Crippen molar-refractivity contribution in [1.82, 2.24) is 4.57 Å². The Balaban J connectivity index is 1.83. The Bertz CT molecular complexity index is 1450. The Morgan fingerprint density at radius 2 is 1.39 bits per heavy atom. The van der Waals surface area contributed by atoms with Crippen molar-refractivity contribution < 1.29 is 14.5 Å². The summed E-state index contributed by atoms with van der Waals surface area (Å²) in [6.45, 7) is 0. The van der Waals surface area contributed by atoms with Crippen LogP contribution in [0.25, 0.3) is 27.5 Å². The van der Waals surface area contributed by atoms with Crippen molar-refractivity contribution in [3.8, 4) is 5.69 Å². The van der Waals surface area contributed by atoms with Crippen LogP contribution in [0.4, 0.5) is 5.69 Å². The monoisotopic (exact) mass is 436 g/mol. The molecule has 0 radical (unpaired) electrons. The van der Waals surface area contributed by atoms with Gasteiger partial charge < -0.3 is 9.30 Å². The molecule has 0 unspecified atom stereocenters. The van der Waals surface area contributed by atoms with Crippen molar-refractivity contribution in [2.45, 2.75) is 5.92 Å². The molecule has 5 rings (SSSR count). The van der Waals surface area contributed by atoms with Gasteiger partial charge in [-0.3, -0.25) is 14.9 Å². The first kappa shape index (κ1) is 20.5. The summed E-state index contributed by atoms with van der Waals surface area (Å²) >= 11 is 0. The highest BCUT2D eigenvalue weighted by Crippen LogP contribution is 2.37. The maximum atomic E-state index is 12.8. The molecule has 0 amide bonds. The second-order valence-electron chi connectivity index (χ2n) is 7.74. The van der Waals surface area contributed by atoms with Crippen molar-refractivity contribution >= 4 is 33.5 Å². The molecule has 0 saturated heterocycles. The van der Waals surface area contributed by atoms with Crippen molar-refractivity contribution in [2.24, 2.45) is 0 Å². The van der Waals surface area contributed by atoms with Crippen LogP contribution in [-0.2, 0) is 9.53 Å². The van der Waals surface area contributed by atoms with Gasteiger partial charge in [-0.05, 0) is 29.3 Å². The Morgan fingerprint density at radius 3 is 1.97 bits per heavy atom. The summed E-state index contributed by atoms with van der Waals surface area (Å²) in [6, 6.07) is 29.7. The molecule has 0 spiro atoms. The fourth-order valence-electron chi connectivity index (χ4n) is 4.46. The number of benzene rings is 4. The molecular formula is C27H20N2O4. The fourth-order valence-corrected chi connectivity index (χ4v) is 4.46. The van der Waals surface area contributed by atoms with E-state index in [4.69, 9.17) is 4.74 Å². The van der Waals surface area contributed by atoms with Crippen LogP contribution in [0.2, 0.25) is 0 Å². The zero-order valence-electron chi connectivity index (χ0n) is 17.8. The minimum absolute atomic E-state index is 0.0399. The number of para-hydroxylation sites is 2. The molecular weight excluding hydrogens is 416 g/mol. The number of esters is 1. The summed E-state index contributed by atoms with van der Waals surface area (Å²) in [5.74, 6) is -1.13. The number of hydrogen-bond acceptors (Lipinski definition) is 4. The Morgan fingerprint density at radius 1 is 0.818 bits per heavy atom. The molecule has 1 aromatic heterocycles. The summed E-state index contributed by atoms with van der Waals surface area (Å²) in [7, 11) is 1.34. The lowest BCUT2D eigenvalue weighted by Gasteiger charge is -2.17. The van der Waals surface area contributed by atoms with Crippen LogP contribution in [0.1, 0.15) is 17.0 Å². The van der Waals surface area contributed by atoms with Crippen molar-refractivity contribution in [3.05, 3.63) is 118 Å². The molecule has 0 fully saturated rings. The smallest absolute Gasteiger partial charge is 0.317 e. The number of nitro benzene ring substituents is 1. The van der Waals surface area contributed by atoms with Crippen LogP contribution in [0.5, 0.6) is 0 Å². The van der Waals surface area contributed by atoms with E-state index in [2.05, 4.69) is 0 Å². The summed E-state index contributed by atoms with van der Waals surface area (Å²) < 4.78 is 6.98. The van der Waals surface area contributed by atoms with E-state index < -0.39 is 16.8 Å². The molecule has 1 heterocycles. The first-order chi connectivity index (χ1) is 16.1. The van der Waals surface area contributed by atoms with E-state index in [0.29, 0.717) is 11.3 Å². The highest BCUT2D eigenvalue weighted by Gasteiger charge is 2.27. The van der Waals surface area contributed by atoms with E-state index >= 15 is 0 Å². The highest BCUT2D eigenvalue weighted by molar-refractivity contribution is 6.09. The SMILES string of the molecule is COC(=O)[C@H](c1ccccc1)c1ccc([N+](=O)[O-])c(-n2c3ccccc3c3ccccc32)c1. The molecule has 0 saturated carbocycles. The van der Waals surface area contributed by atoms with Gasteiger partial charge in [0.05, 0.1) is 23.1 Å². The van der Waals surface area contributed by atoms with Crippen LogP contribution in [-0.4, -0.2) is 22.6 Å². The lowest BCUT2D eigenvalue weighted by atomic mass is 9.90. The second-order valence-corrected chi connectivity index (χ2v) is 7.74. The summed E-state index contributed by atoms with van der Waals surface area (Å²) in [4.78, 5) is 24.4. The predicted molar refractivity (Wildman–Crippen MR) is 128 cm³/mol. The van der Waals surface area contributed by atoms with Gasteiger partial charge in [0, 0.05) is 16.8 Å². The molecule has 0 aliphatic rings. The number of carbonyl (C=O) groups excluding carboxylic acids is 1. The topological polar surface area (TPSA) is 74.4 Å². The van der Waals surface area contributed by atoms with E-state index in [1.807, 2.05) is 83.4 Å². The van der Waals surface area contributed by atoms with E-state index in [0.717, 1.165) is 27.4 Å². The second kappa shape index (κ2) is 8.24. The largest absolute Gasteiger partial charge is 0.468 e. The number of aromatic nitrogens is 1. The average Bonchev–Trinajstić information content (AvgIpc) is 3.19. The van der Waals surface area contributed by atoms with Crippen molar-refractivity contribution in [1.29, 1.82) is 0 Å². The number of hydrogen-bond donors (Lipinski definition) is 0. The molecule has 1 atom stereocenters. The maximum absolute atomic E-state index is 12.8. The van der Waals surface area contributed by atoms with Gasteiger partial charge in [-0.15, -0.1) is 0 Å². The minimum atomic E-state index is -0.705. The van der Waals surface area contributed by atoms with Gasteiger partial charge in [-0.2, -0.15) is 0 Å². The van der Waals surface area contributed by atoms with Crippen LogP contribution < -0.4 is 0 Å². The van der Waals surface area contributed by atoms with Gasteiger partial charge in [0.15, 0.2) is 0 Å². The lowest BCUT2D eigenvalue weighted by molar-refractivity contribution is -0.384.